The Morgan fingerprint density at radius 2 is 1.77 bits per heavy atom. The summed E-state index contributed by atoms with van der Waals surface area (Å²) in [4.78, 5) is 14.2. The molecule has 4 rings (SSSR count). The first-order chi connectivity index (χ1) is 14.9. The van der Waals surface area contributed by atoms with Crippen LogP contribution in [0.2, 0.25) is 0 Å². The number of carbonyl (C=O) groups is 1. The van der Waals surface area contributed by atoms with E-state index in [2.05, 4.69) is 10.2 Å². The van der Waals surface area contributed by atoms with Gasteiger partial charge < -0.3 is 9.64 Å². The number of carbonyl (C=O) groups excluding carboxylic acids is 1. The number of morpholine rings is 1. The molecule has 0 unspecified atom stereocenters. The van der Waals surface area contributed by atoms with E-state index in [0.717, 1.165) is 23.9 Å². The Morgan fingerprint density at radius 3 is 2.48 bits per heavy atom. The van der Waals surface area contributed by atoms with Crippen molar-refractivity contribution in [1.29, 1.82) is 0 Å². The summed E-state index contributed by atoms with van der Waals surface area (Å²) < 4.78 is 46.7. The molecule has 31 heavy (non-hydrogen) atoms. The van der Waals surface area contributed by atoms with Crippen LogP contribution in [0.25, 0.3) is 17.1 Å². The molecule has 1 aliphatic heterocycles. The van der Waals surface area contributed by atoms with Gasteiger partial charge in [0.15, 0.2) is 11.0 Å². The van der Waals surface area contributed by atoms with E-state index in [1.165, 1.54) is 6.07 Å². The Bertz CT molecular complexity index is 1050. The predicted octanol–water partition coefficient (Wildman–Crippen LogP) is 3.90. The fraction of sp³-hybridized carbons (Fsp3) is 0.286. The molecule has 1 saturated heterocycles. The summed E-state index contributed by atoms with van der Waals surface area (Å²) in [7, 11) is 0. The molecule has 1 aromatic heterocycles. The summed E-state index contributed by atoms with van der Waals surface area (Å²) in [6, 6.07) is 14.1. The molecule has 2 aromatic carbocycles. The van der Waals surface area contributed by atoms with Crippen molar-refractivity contribution in [1.82, 2.24) is 19.7 Å². The highest BCUT2D eigenvalue weighted by Crippen LogP contribution is 2.33. The van der Waals surface area contributed by atoms with Gasteiger partial charge in [-0.05, 0) is 18.2 Å². The standard InChI is InChI=1S/C21H19F3N4O2S/c22-21(23,24)16-7-4-8-17(13-16)28-19(15-5-2-1-3-6-15)25-26-20(28)31-14-18(29)27-9-11-30-12-10-27/h1-8,13H,9-12,14H2. The first kappa shape index (κ1) is 21.4. The highest BCUT2D eigenvalue weighted by molar-refractivity contribution is 7.99. The molecule has 0 bridgehead atoms. The van der Waals surface area contributed by atoms with Crippen molar-refractivity contribution >= 4 is 17.7 Å². The van der Waals surface area contributed by atoms with E-state index in [4.69, 9.17) is 4.74 Å². The molecule has 2 heterocycles. The van der Waals surface area contributed by atoms with Crippen LogP contribution in [0.5, 0.6) is 0 Å². The molecule has 1 amide bonds. The monoisotopic (exact) mass is 448 g/mol. The minimum absolute atomic E-state index is 0.0758. The molecule has 10 heteroatoms. The third kappa shape index (κ3) is 4.91. The summed E-state index contributed by atoms with van der Waals surface area (Å²) in [5, 5.41) is 8.74. The van der Waals surface area contributed by atoms with Crippen molar-refractivity contribution in [3.05, 3.63) is 60.2 Å². The van der Waals surface area contributed by atoms with Gasteiger partial charge in [0.1, 0.15) is 0 Å². The number of halogens is 3. The van der Waals surface area contributed by atoms with E-state index in [-0.39, 0.29) is 17.3 Å². The summed E-state index contributed by atoms with van der Waals surface area (Å²) >= 11 is 1.15. The third-order valence-corrected chi connectivity index (χ3v) is 5.70. The molecular formula is C21H19F3N4O2S. The van der Waals surface area contributed by atoms with Crippen molar-refractivity contribution in [2.45, 2.75) is 11.3 Å². The maximum absolute atomic E-state index is 13.3. The smallest absolute Gasteiger partial charge is 0.378 e. The summed E-state index contributed by atoms with van der Waals surface area (Å²) in [5.41, 5.74) is 0.219. The van der Waals surface area contributed by atoms with Crippen molar-refractivity contribution < 1.29 is 22.7 Å². The van der Waals surface area contributed by atoms with Crippen molar-refractivity contribution in [3.63, 3.8) is 0 Å². The number of hydrogen-bond acceptors (Lipinski definition) is 5. The first-order valence-electron chi connectivity index (χ1n) is 9.60. The summed E-state index contributed by atoms with van der Waals surface area (Å²) in [6.07, 6.45) is -4.48. The lowest BCUT2D eigenvalue weighted by Gasteiger charge is -2.26. The molecule has 0 saturated carbocycles. The van der Waals surface area contributed by atoms with Crippen LogP contribution in [0, 0.1) is 0 Å². The number of ether oxygens (including phenoxy) is 1. The van der Waals surface area contributed by atoms with Gasteiger partial charge in [-0.1, -0.05) is 48.2 Å². The van der Waals surface area contributed by atoms with Crippen LogP contribution in [0.1, 0.15) is 5.56 Å². The Kier molecular flexibility index (Phi) is 6.28. The number of hydrogen-bond donors (Lipinski definition) is 0. The Balaban J connectivity index is 1.68. The van der Waals surface area contributed by atoms with Gasteiger partial charge in [0.2, 0.25) is 5.91 Å². The van der Waals surface area contributed by atoms with Gasteiger partial charge in [0, 0.05) is 18.7 Å². The second kappa shape index (κ2) is 9.11. The second-order valence-corrected chi connectivity index (χ2v) is 7.78. The zero-order chi connectivity index (χ0) is 21.8. The lowest BCUT2D eigenvalue weighted by molar-refractivity contribution is -0.137. The van der Waals surface area contributed by atoms with Gasteiger partial charge in [-0.2, -0.15) is 13.2 Å². The van der Waals surface area contributed by atoms with Crippen molar-refractivity contribution in [2.75, 3.05) is 32.1 Å². The number of aromatic nitrogens is 3. The fourth-order valence-corrected chi connectivity index (χ4v) is 4.08. The molecule has 3 aromatic rings. The van der Waals surface area contributed by atoms with Gasteiger partial charge in [-0.15, -0.1) is 10.2 Å². The van der Waals surface area contributed by atoms with E-state index in [1.54, 1.807) is 27.7 Å². The van der Waals surface area contributed by atoms with Crippen LogP contribution in [0.4, 0.5) is 13.2 Å². The van der Waals surface area contributed by atoms with E-state index in [9.17, 15) is 18.0 Å². The molecule has 6 nitrogen and oxygen atoms in total. The largest absolute Gasteiger partial charge is 0.416 e. The Hall–Kier alpha value is -2.85. The molecule has 0 N–H and O–H groups in total. The highest BCUT2D eigenvalue weighted by atomic mass is 32.2. The predicted molar refractivity (Wildman–Crippen MR) is 110 cm³/mol. The van der Waals surface area contributed by atoms with Gasteiger partial charge in [-0.3, -0.25) is 9.36 Å². The number of rotatable bonds is 5. The average Bonchev–Trinajstić information content (AvgIpc) is 3.22. The van der Waals surface area contributed by atoms with Crippen LogP contribution < -0.4 is 0 Å². The number of benzene rings is 2. The van der Waals surface area contributed by atoms with Crippen molar-refractivity contribution in [3.8, 4) is 17.1 Å². The molecule has 1 fully saturated rings. The van der Waals surface area contributed by atoms with Crippen molar-refractivity contribution in [2.24, 2.45) is 0 Å². The summed E-state index contributed by atoms with van der Waals surface area (Å²) in [6.45, 7) is 2.04. The molecule has 0 radical (unpaired) electrons. The van der Waals surface area contributed by atoms with Crippen LogP contribution in [0.15, 0.2) is 59.8 Å². The number of nitrogens with zero attached hydrogens (tertiary/aromatic N) is 4. The second-order valence-electron chi connectivity index (χ2n) is 6.84. The van der Waals surface area contributed by atoms with E-state index in [1.807, 2.05) is 18.2 Å². The quantitative estimate of drug-likeness (QED) is 0.554. The first-order valence-corrected chi connectivity index (χ1v) is 10.6. The van der Waals surface area contributed by atoms with Gasteiger partial charge in [-0.25, -0.2) is 0 Å². The minimum Gasteiger partial charge on any atom is -0.378 e. The fourth-order valence-electron chi connectivity index (χ4n) is 3.22. The van der Waals surface area contributed by atoms with Gasteiger partial charge in [0.25, 0.3) is 0 Å². The Labute approximate surface area is 181 Å². The Morgan fingerprint density at radius 1 is 1.03 bits per heavy atom. The summed E-state index contributed by atoms with van der Waals surface area (Å²) in [5.74, 6) is 0.431. The lowest BCUT2D eigenvalue weighted by Crippen LogP contribution is -2.41. The van der Waals surface area contributed by atoms with Crippen LogP contribution in [0.3, 0.4) is 0 Å². The molecule has 0 aliphatic carbocycles. The number of amides is 1. The number of alkyl halides is 3. The van der Waals surface area contributed by atoms with Crippen LogP contribution in [-0.2, 0) is 15.7 Å². The van der Waals surface area contributed by atoms with E-state index < -0.39 is 11.7 Å². The van der Waals surface area contributed by atoms with E-state index >= 15 is 0 Å². The third-order valence-electron chi connectivity index (χ3n) is 4.79. The molecule has 0 spiro atoms. The molecule has 1 aliphatic rings. The van der Waals surface area contributed by atoms with E-state index in [0.29, 0.717) is 42.8 Å². The normalized spacial score (nSPS) is 14.6. The lowest BCUT2D eigenvalue weighted by atomic mass is 10.1. The maximum atomic E-state index is 13.3. The van der Waals surface area contributed by atoms with Gasteiger partial charge in [0.05, 0.1) is 30.2 Å². The average molecular weight is 448 g/mol. The molecular weight excluding hydrogens is 429 g/mol. The SMILES string of the molecule is O=C(CSc1nnc(-c2ccccc2)n1-c1cccc(C(F)(F)F)c1)N1CCOCC1. The topological polar surface area (TPSA) is 60.2 Å². The maximum Gasteiger partial charge on any atom is 0.416 e. The highest BCUT2D eigenvalue weighted by Gasteiger charge is 2.31. The van der Waals surface area contributed by atoms with Gasteiger partial charge >= 0.3 is 6.18 Å². The molecule has 0 atom stereocenters. The van der Waals surface area contributed by atoms with Crippen LogP contribution >= 0.6 is 11.8 Å². The minimum atomic E-state index is -4.48. The number of thioether (sulfide) groups is 1. The molecule has 162 valence electrons. The zero-order valence-corrected chi connectivity index (χ0v) is 17.2. The zero-order valence-electron chi connectivity index (χ0n) is 16.4. The van der Waals surface area contributed by atoms with Crippen LogP contribution in [-0.4, -0.2) is 57.6 Å².